The summed E-state index contributed by atoms with van der Waals surface area (Å²) in [6.45, 7) is 1.13. The molecule has 0 aromatic heterocycles. The summed E-state index contributed by atoms with van der Waals surface area (Å²) < 4.78 is 0. The second kappa shape index (κ2) is 3.48. The number of imide groups is 1. The van der Waals surface area contributed by atoms with E-state index in [0.29, 0.717) is 18.8 Å². The van der Waals surface area contributed by atoms with Gasteiger partial charge in [-0.15, -0.1) is 0 Å². The molecule has 3 rings (SSSR count). The molecular weight excluding hydrogens is 218 g/mol. The predicted molar refractivity (Wildman–Crippen MR) is 63.2 cm³/mol. The zero-order valence-corrected chi connectivity index (χ0v) is 9.22. The Morgan fingerprint density at radius 2 is 1.71 bits per heavy atom. The molecule has 1 aromatic rings. The first-order valence-corrected chi connectivity index (χ1v) is 5.61. The maximum Gasteiger partial charge on any atom is 0.232 e. The Balaban J connectivity index is 1.88. The van der Waals surface area contributed by atoms with Crippen LogP contribution in [-0.2, 0) is 9.59 Å². The van der Waals surface area contributed by atoms with Crippen LogP contribution in [0, 0.1) is 11.8 Å². The lowest BCUT2D eigenvalue weighted by Gasteiger charge is -2.20. The van der Waals surface area contributed by atoms with Crippen LogP contribution in [0.2, 0.25) is 0 Å². The van der Waals surface area contributed by atoms with Crippen molar-refractivity contribution in [2.75, 3.05) is 23.7 Å². The van der Waals surface area contributed by atoms with Crippen LogP contribution in [0.5, 0.6) is 0 Å². The molecule has 5 heteroatoms. The minimum atomic E-state index is -0.220. The second-order valence-electron chi connectivity index (χ2n) is 4.53. The third kappa shape index (κ3) is 1.46. The molecule has 0 bridgehead atoms. The van der Waals surface area contributed by atoms with Crippen molar-refractivity contribution in [3.63, 3.8) is 0 Å². The summed E-state index contributed by atoms with van der Waals surface area (Å²) in [6, 6.07) is 7.51. The summed E-state index contributed by atoms with van der Waals surface area (Å²) in [6.07, 6.45) is 0. The monoisotopic (exact) mass is 231 g/mol. The van der Waals surface area contributed by atoms with Crippen molar-refractivity contribution in [1.82, 2.24) is 5.32 Å². The third-order valence-electron chi connectivity index (χ3n) is 3.52. The Hall–Kier alpha value is -2.04. The van der Waals surface area contributed by atoms with E-state index in [0.717, 1.165) is 5.69 Å². The van der Waals surface area contributed by atoms with Crippen molar-refractivity contribution in [1.29, 1.82) is 0 Å². The number of hydrogen-bond donors (Lipinski definition) is 2. The Bertz CT molecular complexity index is 478. The van der Waals surface area contributed by atoms with Crippen LogP contribution >= 0.6 is 0 Å². The first-order chi connectivity index (χ1) is 8.16. The molecule has 2 atom stereocenters. The molecule has 2 heterocycles. The number of amides is 2. The van der Waals surface area contributed by atoms with E-state index in [9.17, 15) is 9.59 Å². The lowest BCUT2D eigenvalue weighted by Crippen LogP contribution is -2.31. The molecule has 2 aliphatic rings. The van der Waals surface area contributed by atoms with Gasteiger partial charge in [0.25, 0.3) is 0 Å². The van der Waals surface area contributed by atoms with Gasteiger partial charge in [-0.05, 0) is 12.1 Å². The molecule has 0 radical (unpaired) electrons. The highest BCUT2D eigenvalue weighted by molar-refractivity contribution is 6.06. The fourth-order valence-electron chi connectivity index (χ4n) is 2.61. The standard InChI is InChI=1S/C12H13N3O2/c13-9-3-1-2-4-10(9)15-5-7-8(6-15)12(17)14-11(7)16/h1-4,7-8H,5-6,13H2,(H,14,16,17)/t7-,8-/m1/s1. The maximum atomic E-state index is 11.5. The number of fused-ring (bicyclic) bond motifs is 1. The summed E-state index contributed by atoms with van der Waals surface area (Å²) in [5, 5.41) is 2.37. The minimum absolute atomic E-state index is 0.156. The Kier molecular flexibility index (Phi) is 2.07. The van der Waals surface area contributed by atoms with E-state index in [1.807, 2.05) is 29.2 Å². The lowest BCUT2D eigenvalue weighted by atomic mass is 10.00. The maximum absolute atomic E-state index is 11.5. The van der Waals surface area contributed by atoms with Crippen molar-refractivity contribution in [3.8, 4) is 0 Å². The number of anilines is 2. The molecule has 0 spiro atoms. The van der Waals surface area contributed by atoms with Crippen LogP contribution in [0.1, 0.15) is 0 Å². The molecule has 17 heavy (non-hydrogen) atoms. The van der Waals surface area contributed by atoms with Crippen LogP contribution in [0.25, 0.3) is 0 Å². The summed E-state index contributed by atoms with van der Waals surface area (Å²) in [5.41, 5.74) is 7.48. The molecule has 3 N–H and O–H groups in total. The average Bonchev–Trinajstić information content (AvgIpc) is 2.83. The van der Waals surface area contributed by atoms with Gasteiger partial charge < -0.3 is 10.6 Å². The number of nitrogens with one attached hydrogen (secondary N) is 1. The molecule has 0 saturated carbocycles. The number of para-hydroxylation sites is 2. The molecule has 1 aromatic carbocycles. The third-order valence-corrected chi connectivity index (χ3v) is 3.52. The van der Waals surface area contributed by atoms with Crippen molar-refractivity contribution < 1.29 is 9.59 Å². The van der Waals surface area contributed by atoms with Crippen LogP contribution < -0.4 is 16.0 Å². The van der Waals surface area contributed by atoms with Gasteiger partial charge in [0.05, 0.1) is 23.2 Å². The zero-order chi connectivity index (χ0) is 12.0. The molecule has 0 unspecified atom stereocenters. The quantitative estimate of drug-likeness (QED) is 0.526. The van der Waals surface area contributed by atoms with Crippen molar-refractivity contribution in [3.05, 3.63) is 24.3 Å². The number of carbonyl (C=O) groups is 2. The predicted octanol–water partition coefficient (Wildman–Crippen LogP) is -0.0224. The van der Waals surface area contributed by atoms with Gasteiger partial charge in [0.2, 0.25) is 11.8 Å². The number of benzene rings is 1. The molecule has 0 aliphatic carbocycles. The van der Waals surface area contributed by atoms with E-state index < -0.39 is 0 Å². The molecule has 2 aliphatic heterocycles. The number of nitrogens with zero attached hydrogens (tertiary/aromatic N) is 1. The summed E-state index contributed by atoms with van der Waals surface area (Å²) in [5.74, 6) is -0.752. The van der Waals surface area contributed by atoms with Gasteiger partial charge in [-0.1, -0.05) is 12.1 Å². The van der Waals surface area contributed by atoms with E-state index in [4.69, 9.17) is 5.73 Å². The van der Waals surface area contributed by atoms with Gasteiger partial charge in [0.1, 0.15) is 0 Å². The van der Waals surface area contributed by atoms with Crippen LogP contribution in [0.15, 0.2) is 24.3 Å². The highest BCUT2D eigenvalue weighted by Crippen LogP contribution is 2.34. The fraction of sp³-hybridized carbons (Fsp3) is 0.333. The van der Waals surface area contributed by atoms with Crippen LogP contribution in [0.3, 0.4) is 0 Å². The minimum Gasteiger partial charge on any atom is -0.397 e. The summed E-state index contributed by atoms with van der Waals surface area (Å²) in [4.78, 5) is 25.1. The highest BCUT2D eigenvalue weighted by atomic mass is 16.2. The summed E-state index contributed by atoms with van der Waals surface area (Å²) in [7, 11) is 0. The Labute approximate surface area is 98.6 Å². The Morgan fingerprint density at radius 1 is 1.12 bits per heavy atom. The largest absolute Gasteiger partial charge is 0.397 e. The number of hydrogen-bond acceptors (Lipinski definition) is 4. The number of rotatable bonds is 1. The molecule has 2 amide bonds. The van der Waals surface area contributed by atoms with Crippen molar-refractivity contribution in [2.45, 2.75) is 0 Å². The van der Waals surface area contributed by atoms with Crippen molar-refractivity contribution in [2.24, 2.45) is 11.8 Å². The highest BCUT2D eigenvalue weighted by Gasteiger charge is 2.47. The van der Waals surface area contributed by atoms with Crippen LogP contribution in [0.4, 0.5) is 11.4 Å². The fourth-order valence-corrected chi connectivity index (χ4v) is 2.61. The summed E-state index contributed by atoms with van der Waals surface area (Å²) >= 11 is 0. The van der Waals surface area contributed by atoms with Gasteiger partial charge in [-0.3, -0.25) is 14.9 Å². The number of carbonyl (C=O) groups excluding carboxylic acids is 2. The number of nitrogens with two attached hydrogens (primary N) is 1. The normalized spacial score (nSPS) is 27.2. The van der Waals surface area contributed by atoms with Crippen molar-refractivity contribution >= 4 is 23.2 Å². The smallest absolute Gasteiger partial charge is 0.232 e. The van der Waals surface area contributed by atoms with Gasteiger partial charge >= 0.3 is 0 Å². The van der Waals surface area contributed by atoms with E-state index in [2.05, 4.69) is 5.32 Å². The zero-order valence-electron chi connectivity index (χ0n) is 9.22. The number of nitrogen functional groups attached to an aromatic ring is 1. The van der Waals surface area contributed by atoms with Gasteiger partial charge in [0, 0.05) is 13.1 Å². The molecular formula is C12H13N3O2. The molecule has 2 fully saturated rings. The Morgan fingerprint density at radius 3 is 2.29 bits per heavy atom. The SMILES string of the molecule is Nc1ccccc1N1C[C@H]2C(=O)NC(=O)[C@@H]2C1. The second-order valence-corrected chi connectivity index (χ2v) is 4.53. The molecule has 88 valence electrons. The van der Waals surface area contributed by atoms with Crippen LogP contribution in [-0.4, -0.2) is 24.9 Å². The van der Waals surface area contributed by atoms with E-state index in [1.54, 1.807) is 0 Å². The lowest BCUT2D eigenvalue weighted by molar-refractivity contribution is -0.126. The van der Waals surface area contributed by atoms with E-state index in [-0.39, 0.29) is 23.7 Å². The first-order valence-electron chi connectivity index (χ1n) is 5.61. The van der Waals surface area contributed by atoms with E-state index >= 15 is 0 Å². The van der Waals surface area contributed by atoms with Gasteiger partial charge in [0.15, 0.2) is 0 Å². The van der Waals surface area contributed by atoms with Gasteiger partial charge in [-0.25, -0.2) is 0 Å². The van der Waals surface area contributed by atoms with Gasteiger partial charge in [-0.2, -0.15) is 0 Å². The average molecular weight is 231 g/mol. The first kappa shape index (κ1) is 10.1. The van der Waals surface area contributed by atoms with E-state index in [1.165, 1.54) is 0 Å². The molecule has 5 nitrogen and oxygen atoms in total. The molecule has 2 saturated heterocycles. The topological polar surface area (TPSA) is 75.4 Å².